The Morgan fingerprint density at radius 1 is 1.22 bits per heavy atom. The predicted molar refractivity (Wildman–Crippen MR) is 99.4 cm³/mol. The Balaban J connectivity index is 2.30. The maximum Gasteiger partial charge on any atom is 0.282 e. The number of hydrogen-bond donors (Lipinski definition) is 2. The number of nitrogens with zero attached hydrogens (tertiary/aromatic N) is 2. The van der Waals surface area contributed by atoms with E-state index in [9.17, 15) is 20.0 Å². The van der Waals surface area contributed by atoms with Gasteiger partial charge in [-0.2, -0.15) is 5.10 Å². The third kappa shape index (κ3) is 4.57. The van der Waals surface area contributed by atoms with Crippen molar-refractivity contribution in [1.82, 2.24) is 5.43 Å². The summed E-state index contributed by atoms with van der Waals surface area (Å²) >= 11 is 11.6. The lowest BCUT2D eigenvalue weighted by Crippen LogP contribution is -2.18. The average Bonchev–Trinajstić information content (AvgIpc) is 2.63. The van der Waals surface area contributed by atoms with Gasteiger partial charge in [0.1, 0.15) is 5.75 Å². The highest BCUT2D eigenvalue weighted by atomic mass is 35.5. The van der Waals surface area contributed by atoms with Crippen molar-refractivity contribution in [3.05, 3.63) is 55.6 Å². The molecular weight excluding hydrogens is 401 g/mol. The number of aromatic hydroxyl groups is 1. The first-order valence-electron chi connectivity index (χ1n) is 7.20. The molecule has 0 heterocycles. The normalized spacial score (nSPS) is 10.7. The molecule has 0 unspecified atom stereocenters. The summed E-state index contributed by atoms with van der Waals surface area (Å²) in [6, 6.07) is 4.98. The first-order valence-corrected chi connectivity index (χ1v) is 7.96. The number of phenols is 1. The quantitative estimate of drug-likeness (QED) is 0.424. The molecule has 27 heavy (non-hydrogen) atoms. The van der Waals surface area contributed by atoms with Crippen LogP contribution in [0.4, 0.5) is 5.69 Å². The van der Waals surface area contributed by atoms with Crippen LogP contribution >= 0.6 is 23.2 Å². The van der Waals surface area contributed by atoms with Crippen LogP contribution < -0.4 is 14.9 Å². The molecule has 0 saturated heterocycles. The molecule has 0 aliphatic carbocycles. The third-order valence-corrected chi connectivity index (χ3v) is 3.88. The Labute approximate surface area is 163 Å². The molecule has 0 aromatic heterocycles. The van der Waals surface area contributed by atoms with Gasteiger partial charge in [0.25, 0.3) is 11.6 Å². The van der Waals surface area contributed by atoms with Crippen LogP contribution in [0.1, 0.15) is 15.9 Å². The lowest BCUT2D eigenvalue weighted by molar-refractivity contribution is -0.385. The number of halogens is 2. The molecule has 2 aromatic rings. The highest BCUT2D eigenvalue weighted by molar-refractivity contribution is 6.36. The van der Waals surface area contributed by atoms with E-state index in [2.05, 4.69) is 10.5 Å². The zero-order valence-electron chi connectivity index (χ0n) is 14.0. The zero-order valence-corrected chi connectivity index (χ0v) is 15.5. The van der Waals surface area contributed by atoms with Crippen LogP contribution in [0.3, 0.4) is 0 Å². The van der Waals surface area contributed by atoms with Crippen molar-refractivity contribution in [1.29, 1.82) is 0 Å². The van der Waals surface area contributed by atoms with E-state index in [1.807, 2.05) is 0 Å². The molecule has 0 bridgehead atoms. The summed E-state index contributed by atoms with van der Waals surface area (Å²) in [4.78, 5) is 22.7. The van der Waals surface area contributed by atoms with Crippen molar-refractivity contribution in [2.24, 2.45) is 5.10 Å². The van der Waals surface area contributed by atoms with Crippen molar-refractivity contribution in [2.45, 2.75) is 0 Å². The molecule has 0 atom stereocenters. The van der Waals surface area contributed by atoms with E-state index in [1.165, 1.54) is 38.5 Å². The van der Waals surface area contributed by atoms with Gasteiger partial charge < -0.3 is 14.6 Å². The van der Waals surface area contributed by atoms with Gasteiger partial charge in [-0.15, -0.1) is 0 Å². The number of benzene rings is 2. The summed E-state index contributed by atoms with van der Waals surface area (Å²) in [7, 11) is 2.72. The number of nitro benzene ring substituents is 1. The van der Waals surface area contributed by atoms with Gasteiger partial charge in [-0.3, -0.25) is 14.9 Å². The second kappa shape index (κ2) is 8.56. The summed E-state index contributed by atoms with van der Waals surface area (Å²) in [5, 5.41) is 24.8. The smallest absolute Gasteiger partial charge is 0.282 e. The van der Waals surface area contributed by atoms with Gasteiger partial charge in [0.2, 0.25) is 0 Å². The highest BCUT2D eigenvalue weighted by Crippen LogP contribution is 2.34. The first-order chi connectivity index (χ1) is 12.8. The molecule has 2 rings (SSSR count). The number of rotatable bonds is 6. The Morgan fingerprint density at radius 2 is 1.85 bits per heavy atom. The van der Waals surface area contributed by atoms with Gasteiger partial charge in [-0.25, -0.2) is 5.43 Å². The Hall–Kier alpha value is -3.04. The van der Waals surface area contributed by atoms with E-state index >= 15 is 0 Å². The molecule has 0 spiro atoms. The number of carbonyl (C=O) groups excluding carboxylic acids is 1. The molecule has 0 saturated carbocycles. The van der Waals surface area contributed by atoms with Crippen LogP contribution in [0.2, 0.25) is 10.0 Å². The fourth-order valence-electron chi connectivity index (χ4n) is 2.11. The van der Waals surface area contributed by atoms with Crippen LogP contribution in [0.25, 0.3) is 0 Å². The van der Waals surface area contributed by atoms with Gasteiger partial charge >= 0.3 is 0 Å². The number of ether oxygens (including phenoxy) is 2. The lowest BCUT2D eigenvalue weighted by atomic mass is 10.1. The zero-order chi connectivity index (χ0) is 20.1. The minimum atomic E-state index is -0.809. The number of nitro groups is 1. The molecule has 142 valence electrons. The van der Waals surface area contributed by atoms with E-state index in [0.717, 1.165) is 6.21 Å². The van der Waals surface area contributed by atoms with Crippen LogP contribution in [0.15, 0.2) is 29.4 Å². The fourth-order valence-corrected chi connectivity index (χ4v) is 2.60. The van der Waals surface area contributed by atoms with Crippen molar-refractivity contribution in [3.63, 3.8) is 0 Å². The molecule has 11 heteroatoms. The topological polar surface area (TPSA) is 123 Å². The summed E-state index contributed by atoms with van der Waals surface area (Å²) in [5.74, 6) is -0.860. The second-order valence-corrected chi connectivity index (χ2v) is 5.85. The number of carbonyl (C=O) groups is 1. The number of hydrogen-bond acceptors (Lipinski definition) is 7. The Bertz CT molecular complexity index is 933. The van der Waals surface area contributed by atoms with E-state index in [0.29, 0.717) is 0 Å². The summed E-state index contributed by atoms with van der Waals surface area (Å²) < 4.78 is 10.1. The largest absolute Gasteiger partial charge is 0.506 e. The van der Waals surface area contributed by atoms with Gasteiger partial charge in [0, 0.05) is 5.02 Å². The molecule has 9 nitrogen and oxygen atoms in total. The SMILES string of the molecule is COc1cc(/C=N/NC(=O)c2cc(Cl)cc(Cl)c2O)c([N+](=O)[O-])cc1OC. The standard InChI is InChI=1S/C16H13Cl2N3O6/c1-26-13-3-8(12(21(24)25)6-14(13)27-2)7-19-20-16(23)10-4-9(17)5-11(18)15(10)22/h3-7,22H,1-2H3,(H,20,23)/b19-7+. The van der Waals surface area contributed by atoms with E-state index in [-0.39, 0.29) is 38.4 Å². The third-order valence-electron chi connectivity index (χ3n) is 3.37. The molecule has 0 radical (unpaired) electrons. The Morgan fingerprint density at radius 3 is 2.44 bits per heavy atom. The molecule has 0 aliphatic rings. The summed E-state index contributed by atoms with van der Waals surface area (Å²) in [6.07, 6.45) is 1.06. The van der Waals surface area contributed by atoms with Crippen LogP contribution in [-0.2, 0) is 0 Å². The van der Waals surface area contributed by atoms with Crippen LogP contribution in [-0.4, -0.2) is 36.4 Å². The average molecular weight is 414 g/mol. The molecule has 1 amide bonds. The number of nitrogens with one attached hydrogen (secondary N) is 1. The van der Waals surface area contributed by atoms with Gasteiger partial charge in [0.15, 0.2) is 11.5 Å². The number of phenolic OH excluding ortho intramolecular Hbond substituents is 1. The number of methoxy groups -OCH3 is 2. The van der Waals surface area contributed by atoms with Crippen molar-refractivity contribution < 1.29 is 24.3 Å². The molecule has 0 aliphatic heterocycles. The second-order valence-electron chi connectivity index (χ2n) is 5.01. The highest BCUT2D eigenvalue weighted by Gasteiger charge is 2.19. The molecule has 2 aromatic carbocycles. The first kappa shape index (κ1) is 20.3. The van der Waals surface area contributed by atoms with Crippen molar-refractivity contribution in [2.75, 3.05) is 14.2 Å². The predicted octanol–water partition coefficient (Wildman–Crippen LogP) is 3.39. The molecular formula is C16H13Cl2N3O6. The molecule has 2 N–H and O–H groups in total. The maximum atomic E-state index is 12.1. The van der Waals surface area contributed by atoms with Gasteiger partial charge in [-0.1, -0.05) is 23.2 Å². The number of hydrazone groups is 1. The van der Waals surface area contributed by atoms with Crippen LogP contribution in [0, 0.1) is 10.1 Å². The fraction of sp³-hybridized carbons (Fsp3) is 0.125. The van der Waals surface area contributed by atoms with E-state index in [4.69, 9.17) is 32.7 Å². The van der Waals surface area contributed by atoms with Gasteiger partial charge in [0.05, 0.1) is 47.6 Å². The minimum absolute atomic E-state index is 0.0614. The maximum absolute atomic E-state index is 12.1. The van der Waals surface area contributed by atoms with Crippen LogP contribution in [0.5, 0.6) is 17.2 Å². The number of amides is 1. The minimum Gasteiger partial charge on any atom is -0.506 e. The summed E-state index contributed by atoms with van der Waals surface area (Å²) in [6.45, 7) is 0. The monoisotopic (exact) mass is 413 g/mol. The molecule has 0 fully saturated rings. The van der Waals surface area contributed by atoms with E-state index in [1.54, 1.807) is 0 Å². The van der Waals surface area contributed by atoms with Crippen molar-refractivity contribution >= 4 is 41.0 Å². The Kier molecular flexibility index (Phi) is 6.43. The van der Waals surface area contributed by atoms with Crippen molar-refractivity contribution in [3.8, 4) is 17.2 Å². The van der Waals surface area contributed by atoms with Gasteiger partial charge in [-0.05, 0) is 18.2 Å². The lowest BCUT2D eigenvalue weighted by Gasteiger charge is -2.08. The van der Waals surface area contributed by atoms with E-state index < -0.39 is 16.6 Å². The summed E-state index contributed by atoms with van der Waals surface area (Å²) in [5.41, 5.74) is 1.69.